The maximum absolute atomic E-state index is 12.7. The summed E-state index contributed by atoms with van der Waals surface area (Å²) in [5.74, 6) is -0.674. The van der Waals surface area contributed by atoms with Crippen LogP contribution in [0.3, 0.4) is 0 Å². The molecule has 4 N–H and O–H groups in total. The van der Waals surface area contributed by atoms with E-state index in [1.807, 2.05) is 0 Å². The number of sulfonamides is 1. The fourth-order valence-corrected chi connectivity index (χ4v) is 3.82. The summed E-state index contributed by atoms with van der Waals surface area (Å²) in [4.78, 5) is 24.8. The molecule has 0 aliphatic heterocycles. The number of hydrogen-bond donors (Lipinski definition) is 3. The van der Waals surface area contributed by atoms with Gasteiger partial charge >= 0.3 is 0 Å². The third-order valence-electron chi connectivity index (χ3n) is 3.99. The highest BCUT2D eigenvalue weighted by Gasteiger charge is 2.21. The lowest BCUT2D eigenvalue weighted by Crippen LogP contribution is -2.27. The van der Waals surface area contributed by atoms with E-state index in [9.17, 15) is 13.2 Å². The number of hydrogen-bond acceptors (Lipinski definition) is 8. The van der Waals surface area contributed by atoms with Crippen molar-refractivity contribution in [3.8, 4) is 11.3 Å². The van der Waals surface area contributed by atoms with Gasteiger partial charge in [0.15, 0.2) is 11.5 Å². The summed E-state index contributed by atoms with van der Waals surface area (Å²) < 4.78 is 32.7. The van der Waals surface area contributed by atoms with E-state index in [1.54, 1.807) is 36.5 Å². The monoisotopic (exact) mass is 428 g/mol. The third kappa shape index (κ3) is 4.95. The molecule has 0 radical (unpaired) electrons. The number of methoxy groups -OCH3 is 1. The van der Waals surface area contributed by atoms with Crippen LogP contribution >= 0.6 is 0 Å². The van der Waals surface area contributed by atoms with Gasteiger partial charge in [-0.05, 0) is 18.2 Å². The topological polar surface area (TPSA) is 149 Å². The van der Waals surface area contributed by atoms with Crippen molar-refractivity contribution in [1.82, 2.24) is 19.7 Å². The number of ether oxygens (including phenoxy) is 1. The Morgan fingerprint density at radius 2 is 1.97 bits per heavy atom. The molecule has 1 amide bonds. The minimum atomic E-state index is -3.84. The Kier molecular flexibility index (Phi) is 6.67. The van der Waals surface area contributed by atoms with Crippen LogP contribution in [0, 0.1) is 0 Å². The van der Waals surface area contributed by atoms with E-state index >= 15 is 0 Å². The zero-order chi connectivity index (χ0) is 21.6. The van der Waals surface area contributed by atoms with Crippen molar-refractivity contribution in [2.45, 2.75) is 4.90 Å². The van der Waals surface area contributed by atoms with Crippen molar-refractivity contribution in [3.05, 3.63) is 60.7 Å². The molecule has 10 nitrogen and oxygen atoms in total. The third-order valence-corrected chi connectivity index (χ3v) is 5.51. The van der Waals surface area contributed by atoms with E-state index in [1.165, 1.54) is 25.6 Å². The van der Waals surface area contributed by atoms with Gasteiger partial charge in [-0.1, -0.05) is 18.2 Å². The summed E-state index contributed by atoms with van der Waals surface area (Å²) >= 11 is 0. The molecule has 2 aromatic heterocycles. The number of benzene rings is 1. The summed E-state index contributed by atoms with van der Waals surface area (Å²) in [5.41, 5.74) is 6.63. The second-order valence-corrected chi connectivity index (χ2v) is 7.81. The Bertz CT molecular complexity index is 1140. The number of carbonyl (C=O) groups is 1. The Hall–Kier alpha value is -3.41. The second-order valence-electron chi connectivity index (χ2n) is 6.07. The van der Waals surface area contributed by atoms with Crippen LogP contribution in [0.5, 0.6) is 0 Å². The van der Waals surface area contributed by atoms with Crippen molar-refractivity contribution in [3.63, 3.8) is 0 Å². The molecule has 0 saturated carbocycles. The van der Waals surface area contributed by atoms with E-state index in [2.05, 4.69) is 25.0 Å². The number of carbonyl (C=O) groups excluding carboxylic acids is 1. The summed E-state index contributed by atoms with van der Waals surface area (Å²) in [7, 11) is -2.36. The van der Waals surface area contributed by atoms with E-state index < -0.39 is 15.9 Å². The van der Waals surface area contributed by atoms with Gasteiger partial charge in [0.2, 0.25) is 10.0 Å². The normalized spacial score (nSPS) is 11.2. The van der Waals surface area contributed by atoms with Gasteiger partial charge in [0.1, 0.15) is 0 Å². The summed E-state index contributed by atoms with van der Waals surface area (Å²) in [6.45, 7) is 0.334. The van der Waals surface area contributed by atoms with Crippen LogP contribution in [0.2, 0.25) is 0 Å². The first kappa shape index (κ1) is 21.3. The van der Waals surface area contributed by atoms with Crippen molar-refractivity contribution in [1.29, 1.82) is 0 Å². The number of nitrogen functional groups attached to an aromatic ring is 1. The van der Waals surface area contributed by atoms with Crippen LogP contribution in [0.4, 0.5) is 11.5 Å². The molecule has 0 spiro atoms. The van der Waals surface area contributed by atoms with E-state index in [0.717, 1.165) is 0 Å². The van der Waals surface area contributed by atoms with Gasteiger partial charge in [-0.15, -0.1) is 0 Å². The fraction of sp³-hybridized carbons (Fsp3) is 0.158. The first-order valence-electron chi connectivity index (χ1n) is 8.84. The van der Waals surface area contributed by atoms with Crippen LogP contribution in [0.1, 0.15) is 10.5 Å². The lowest BCUT2D eigenvalue weighted by atomic mass is 10.1. The molecule has 2 heterocycles. The zero-order valence-electron chi connectivity index (χ0n) is 16.1. The summed E-state index contributed by atoms with van der Waals surface area (Å²) in [5, 5.41) is 2.63. The average molecular weight is 428 g/mol. The van der Waals surface area contributed by atoms with E-state index in [0.29, 0.717) is 5.69 Å². The van der Waals surface area contributed by atoms with Gasteiger partial charge in [-0.25, -0.2) is 23.1 Å². The smallest absolute Gasteiger partial charge is 0.278 e. The minimum Gasteiger partial charge on any atom is -0.383 e. The first-order valence-corrected chi connectivity index (χ1v) is 10.3. The second kappa shape index (κ2) is 9.39. The van der Waals surface area contributed by atoms with Crippen molar-refractivity contribution in [2.75, 3.05) is 31.3 Å². The first-order chi connectivity index (χ1) is 14.4. The van der Waals surface area contributed by atoms with Crippen LogP contribution in [-0.2, 0) is 14.8 Å². The fourth-order valence-electron chi connectivity index (χ4n) is 2.59. The van der Waals surface area contributed by atoms with Gasteiger partial charge < -0.3 is 15.8 Å². The van der Waals surface area contributed by atoms with Crippen LogP contribution in [-0.4, -0.2) is 49.5 Å². The zero-order valence-corrected chi connectivity index (χ0v) is 16.9. The van der Waals surface area contributed by atoms with Crippen molar-refractivity contribution in [2.24, 2.45) is 0 Å². The SMILES string of the molecule is COCCNS(=O)(=O)c1ccccc1-c1cnc(N)c(C(=O)Nc2cccnc2)n1. The highest BCUT2D eigenvalue weighted by atomic mass is 32.2. The van der Waals surface area contributed by atoms with Crippen molar-refractivity contribution < 1.29 is 17.9 Å². The van der Waals surface area contributed by atoms with Crippen molar-refractivity contribution >= 4 is 27.4 Å². The molecule has 0 atom stereocenters. The Labute approximate surface area is 173 Å². The molecule has 0 saturated heterocycles. The largest absolute Gasteiger partial charge is 0.383 e. The van der Waals surface area contributed by atoms with Gasteiger partial charge in [-0.2, -0.15) is 0 Å². The van der Waals surface area contributed by atoms with E-state index in [-0.39, 0.29) is 40.8 Å². The van der Waals surface area contributed by atoms with Gasteiger partial charge in [0.25, 0.3) is 5.91 Å². The van der Waals surface area contributed by atoms with Gasteiger partial charge in [0.05, 0.1) is 35.3 Å². The molecule has 30 heavy (non-hydrogen) atoms. The molecule has 0 fully saturated rings. The molecule has 1 aromatic carbocycles. The Morgan fingerprint density at radius 3 is 2.70 bits per heavy atom. The molecule has 0 aliphatic carbocycles. The van der Waals surface area contributed by atoms with E-state index in [4.69, 9.17) is 10.5 Å². The number of anilines is 2. The Morgan fingerprint density at radius 1 is 1.17 bits per heavy atom. The quantitative estimate of drug-likeness (QED) is 0.455. The summed E-state index contributed by atoms with van der Waals surface area (Å²) in [6.07, 6.45) is 4.36. The summed E-state index contributed by atoms with van der Waals surface area (Å²) in [6, 6.07) is 9.60. The Balaban J connectivity index is 1.96. The molecule has 11 heteroatoms. The molecule has 156 valence electrons. The minimum absolute atomic E-state index is 0.00112. The number of nitrogens with one attached hydrogen (secondary N) is 2. The molecular weight excluding hydrogens is 408 g/mol. The molecule has 0 aliphatic rings. The number of nitrogens with zero attached hydrogens (tertiary/aromatic N) is 3. The van der Waals surface area contributed by atoms with Crippen LogP contribution in [0.25, 0.3) is 11.3 Å². The molecule has 3 rings (SSSR count). The maximum Gasteiger partial charge on any atom is 0.278 e. The number of nitrogens with two attached hydrogens (primary N) is 1. The lowest BCUT2D eigenvalue weighted by Gasteiger charge is -2.12. The molecule has 0 unspecified atom stereocenters. The number of pyridine rings is 1. The van der Waals surface area contributed by atoms with Gasteiger partial charge in [0, 0.05) is 25.4 Å². The molecule has 0 bridgehead atoms. The number of aromatic nitrogens is 3. The maximum atomic E-state index is 12.7. The highest BCUT2D eigenvalue weighted by Crippen LogP contribution is 2.26. The average Bonchev–Trinajstić information content (AvgIpc) is 2.75. The number of rotatable bonds is 8. The molecule has 3 aromatic rings. The number of amides is 1. The highest BCUT2D eigenvalue weighted by molar-refractivity contribution is 7.89. The lowest BCUT2D eigenvalue weighted by molar-refractivity contribution is 0.102. The van der Waals surface area contributed by atoms with Crippen LogP contribution in [0.15, 0.2) is 59.9 Å². The van der Waals surface area contributed by atoms with Crippen LogP contribution < -0.4 is 15.8 Å². The molecular formula is C19H20N6O4S. The predicted molar refractivity (Wildman–Crippen MR) is 111 cm³/mol. The predicted octanol–water partition coefficient (Wildman–Crippen LogP) is 1.30. The standard InChI is InChI=1S/C19H20N6O4S/c1-29-10-9-23-30(27,28)16-7-3-2-6-14(16)15-12-22-18(20)17(25-15)19(26)24-13-5-4-8-21-11-13/h2-8,11-12,23H,9-10H2,1H3,(H2,20,22)(H,24,26). The van der Waals surface area contributed by atoms with Gasteiger partial charge in [-0.3, -0.25) is 9.78 Å².